The number of aliphatic hydroxyl groups excluding tert-OH is 1. The second-order valence-corrected chi connectivity index (χ2v) is 5.39. The summed E-state index contributed by atoms with van der Waals surface area (Å²) in [6.07, 6.45) is -3.00. The van der Waals surface area contributed by atoms with Crippen molar-refractivity contribution in [2.75, 3.05) is 18.1 Å². The van der Waals surface area contributed by atoms with Gasteiger partial charge in [0.15, 0.2) is 0 Å². The van der Waals surface area contributed by atoms with E-state index < -0.39 is 12.0 Å². The summed E-state index contributed by atoms with van der Waals surface area (Å²) in [6, 6.07) is 4.64. The molecule has 7 nitrogen and oxygen atoms in total. The number of hydrogen-bond donors (Lipinski definition) is 3. The molecular formula is C15H15F3N6O. The standard InChI is InChI=1S/C15H15F3N6O/c16-15(17,18)13-22-10-6-8(9-7-21-14(20)23-12(9)19)2-3-11(10)24(13)4-1-5-25/h2-3,6-7,25H,1,4-5H2,(H4,19,20,21,23). The van der Waals surface area contributed by atoms with E-state index in [2.05, 4.69) is 15.0 Å². The number of rotatable bonds is 4. The zero-order chi connectivity index (χ0) is 18.2. The number of benzene rings is 1. The number of hydrogen-bond acceptors (Lipinski definition) is 6. The van der Waals surface area contributed by atoms with E-state index in [1.807, 2.05) is 0 Å². The third-order valence-electron chi connectivity index (χ3n) is 3.69. The fraction of sp³-hybridized carbons (Fsp3) is 0.267. The molecule has 0 amide bonds. The fourth-order valence-electron chi connectivity index (χ4n) is 2.60. The molecule has 2 heterocycles. The van der Waals surface area contributed by atoms with Crippen LogP contribution in [0.4, 0.5) is 24.9 Å². The molecule has 3 rings (SSSR count). The van der Waals surface area contributed by atoms with Gasteiger partial charge in [0.1, 0.15) is 5.82 Å². The van der Waals surface area contributed by atoms with Crippen LogP contribution in [0.2, 0.25) is 0 Å². The molecule has 1 aromatic carbocycles. The van der Waals surface area contributed by atoms with Gasteiger partial charge < -0.3 is 21.1 Å². The van der Waals surface area contributed by atoms with Gasteiger partial charge in [-0.25, -0.2) is 9.97 Å². The number of aliphatic hydroxyl groups is 1. The first-order valence-electron chi connectivity index (χ1n) is 7.38. The Morgan fingerprint density at radius 3 is 2.56 bits per heavy atom. The van der Waals surface area contributed by atoms with Crippen LogP contribution in [0.5, 0.6) is 0 Å². The van der Waals surface area contributed by atoms with Gasteiger partial charge in [-0.3, -0.25) is 0 Å². The highest BCUT2D eigenvalue weighted by Crippen LogP contribution is 2.34. The van der Waals surface area contributed by atoms with Crippen LogP contribution < -0.4 is 11.5 Å². The topological polar surface area (TPSA) is 116 Å². The number of nitrogens with zero attached hydrogens (tertiary/aromatic N) is 4. The maximum Gasteiger partial charge on any atom is 0.449 e. The second kappa shape index (κ2) is 6.20. The van der Waals surface area contributed by atoms with Crippen LogP contribution in [0, 0.1) is 0 Å². The number of nitrogens with two attached hydrogens (primary N) is 2. The number of nitrogen functional groups attached to an aromatic ring is 2. The lowest BCUT2D eigenvalue weighted by Gasteiger charge is -2.10. The van der Waals surface area contributed by atoms with Gasteiger partial charge in [0.25, 0.3) is 0 Å². The highest BCUT2D eigenvalue weighted by molar-refractivity contribution is 5.85. The Morgan fingerprint density at radius 2 is 1.92 bits per heavy atom. The van der Waals surface area contributed by atoms with Crippen LogP contribution in [-0.2, 0) is 12.7 Å². The Kier molecular flexibility index (Phi) is 4.21. The Hall–Kier alpha value is -2.88. The highest BCUT2D eigenvalue weighted by atomic mass is 19.4. The number of aryl methyl sites for hydroxylation is 1. The predicted octanol–water partition coefficient (Wildman–Crippen LogP) is 2.06. The molecule has 10 heteroatoms. The molecule has 0 spiro atoms. The van der Waals surface area contributed by atoms with Crippen molar-refractivity contribution in [1.82, 2.24) is 19.5 Å². The van der Waals surface area contributed by atoms with Crippen molar-refractivity contribution in [1.29, 1.82) is 0 Å². The lowest BCUT2D eigenvalue weighted by molar-refractivity contribution is -0.147. The quantitative estimate of drug-likeness (QED) is 0.662. The average molecular weight is 352 g/mol. The minimum Gasteiger partial charge on any atom is -0.396 e. The molecule has 25 heavy (non-hydrogen) atoms. The van der Waals surface area contributed by atoms with Crippen molar-refractivity contribution in [3.05, 3.63) is 30.2 Å². The normalized spacial score (nSPS) is 12.0. The number of halogens is 3. The lowest BCUT2D eigenvalue weighted by atomic mass is 10.1. The fourth-order valence-corrected chi connectivity index (χ4v) is 2.60. The molecular weight excluding hydrogens is 337 g/mol. The van der Waals surface area contributed by atoms with Gasteiger partial charge in [0, 0.05) is 24.9 Å². The first-order chi connectivity index (χ1) is 11.8. The van der Waals surface area contributed by atoms with Crippen LogP contribution in [0.25, 0.3) is 22.2 Å². The van der Waals surface area contributed by atoms with Crippen LogP contribution in [0.15, 0.2) is 24.4 Å². The molecule has 0 saturated carbocycles. The molecule has 0 bridgehead atoms. The van der Waals surface area contributed by atoms with E-state index in [9.17, 15) is 13.2 Å². The molecule has 0 fully saturated rings. The Labute approximate surface area is 140 Å². The molecule has 0 radical (unpaired) electrons. The van der Waals surface area contributed by atoms with Crippen LogP contribution in [0.3, 0.4) is 0 Å². The number of imidazole rings is 1. The monoisotopic (exact) mass is 352 g/mol. The molecule has 0 aliphatic rings. The first kappa shape index (κ1) is 17.0. The summed E-state index contributed by atoms with van der Waals surface area (Å²) in [5, 5.41) is 8.92. The summed E-state index contributed by atoms with van der Waals surface area (Å²) in [5.74, 6) is -0.868. The summed E-state index contributed by atoms with van der Waals surface area (Å²) < 4.78 is 40.8. The van der Waals surface area contributed by atoms with E-state index in [-0.39, 0.29) is 36.9 Å². The van der Waals surface area contributed by atoms with E-state index in [0.717, 1.165) is 4.57 Å². The Bertz CT molecular complexity index is 922. The van der Waals surface area contributed by atoms with Gasteiger partial charge in [-0.1, -0.05) is 6.07 Å². The molecule has 3 aromatic rings. The molecule has 0 aliphatic heterocycles. The van der Waals surface area contributed by atoms with E-state index in [0.29, 0.717) is 16.6 Å². The Morgan fingerprint density at radius 1 is 1.16 bits per heavy atom. The minimum absolute atomic E-state index is 0.00824. The van der Waals surface area contributed by atoms with E-state index in [1.54, 1.807) is 6.07 Å². The van der Waals surface area contributed by atoms with Gasteiger partial charge in [0.05, 0.1) is 11.0 Å². The first-order valence-corrected chi connectivity index (χ1v) is 7.38. The van der Waals surface area contributed by atoms with Gasteiger partial charge in [-0.15, -0.1) is 0 Å². The van der Waals surface area contributed by atoms with E-state index >= 15 is 0 Å². The maximum atomic E-state index is 13.2. The van der Waals surface area contributed by atoms with E-state index in [1.165, 1.54) is 18.3 Å². The summed E-state index contributed by atoms with van der Waals surface area (Å²) in [4.78, 5) is 11.4. The molecule has 0 unspecified atom stereocenters. The Balaban J connectivity index is 2.15. The summed E-state index contributed by atoms with van der Waals surface area (Å²) in [5.41, 5.74) is 12.7. The van der Waals surface area contributed by atoms with Crippen LogP contribution >= 0.6 is 0 Å². The van der Waals surface area contributed by atoms with Crippen LogP contribution in [-0.4, -0.2) is 31.2 Å². The number of anilines is 2. The average Bonchev–Trinajstić information content (AvgIpc) is 2.91. The second-order valence-electron chi connectivity index (χ2n) is 5.39. The van der Waals surface area contributed by atoms with E-state index in [4.69, 9.17) is 16.6 Å². The molecule has 0 aliphatic carbocycles. The largest absolute Gasteiger partial charge is 0.449 e. The van der Waals surface area contributed by atoms with Crippen LogP contribution in [0.1, 0.15) is 12.2 Å². The molecule has 0 saturated heterocycles. The molecule has 2 aromatic heterocycles. The van der Waals surface area contributed by atoms with Crippen molar-refractivity contribution < 1.29 is 18.3 Å². The van der Waals surface area contributed by atoms with Gasteiger partial charge in [0.2, 0.25) is 11.8 Å². The van der Waals surface area contributed by atoms with Crippen molar-refractivity contribution in [2.45, 2.75) is 19.1 Å². The van der Waals surface area contributed by atoms with Crippen molar-refractivity contribution in [3.8, 4) is 11.1 Å². The minimum atomic E-state index is -4.60. The number of alkyl halides is 3. The number of aromatic nitrogens is 4. The van der Waals surface area contributed by atoms with Crippen molar-refractivity contribution in [2.24, 2.45) is 0 Å². The molecule has 132 valence electrons. The number of fused-ring (bicyclic) bond motifs is 1. The molecule has 0 atom stereocenters. The SMILES string of the molecule is Nc1ncc(-c2ccc3c(c2)nc(C(F)(F)F)n3CCCO)c(N)n1. The third-order valence-corrected chi connectivity index (χ3v) is 3.69. The molecule has 5 N–H and O–H groups in total. The summed E-state index contributed by atoms with van der Waals surface area (Å²) in [6.45, 7) is -0.206. The van der Waals surface area contributed by atoms with Crippen molar-refractivity contribution >= 4 is 22.8 Å². The highest BCUT2D eigenvalue weighted by Gasteiger charge is 2.37. The van der Waals surface area contributed by atoms with Gasteiger partial charge in [-0.2, -0.15) is 18.2 Å². The van der Waals surface area contributed by atoms with Gasteiger partial charge >= 0.3 is 6.18 Å². The third kappa shape index (κ3) is 3.20. The summed E-state index contributed by atoms with van der Waals surface area (Å²) in [7, 11) is 0. The van der Waals surface area contributed by atoms with Crippen molar-refractivity contribution in [3.63, 3.8) is 0 Å². The predicted molar refractivity (Wildman–Crippen MR) is 86.3 cm³/mol. The zero-order valence-electron chi connectivity index (χ0n) is 13.0. The smallest absolute Gasteiger partial charge is 0.396 e. The maximum absolute atomic E-state index is 13.2. The summed E-state index contributed by atoms with van der Waals surface area (Å²) >= 11 is 0. The lowest BCUT2D eigenvalue weighted by Crippen LogP contribution is -2.15. The van der Waals surface area contributed by atoms with Gasteiger partial charge in [-0.05, 0) is 24.1 Å². The zero-order valence-corrected chi connectivity index (χ0v) is 13.0.